The lowest BCUT2D eigenvalue weighted by molar-refractivity contribution is -0.146. The summed E-state index contributed by atoms with van der Waals surface area (Å²) in [6, 6.07) is 5.42. The van der Waals surface area contributed by atoms with E-state index in [1.165, 1.54) is 0 Å². The van der Waals surface area contributed by atoms with Crippen molar-refractivity contribution in [3.8, 4) is 5.75 Å². The fourth-order valence-corrected chi connectivity index (χ4v) is 2.56. The molecule has 0 saturated carbocycles. The number of nitrogens with zero attached hydrogens (tertiary/aromatic N) is 1. The molecular weight excluding hydrogens is 232 g/mol. The number of hydrogen-bond donors (Lipinski definition) is 1. The van der Waals surface area contributed by atoms with E-state index in [0.717, 1.165) is 16.9 Å². The molecule has 0 aromatic heterocycles. The number of ether oxygens (including phenoxy) is 1. The molecule has 1 unspecified atom stereocenters. The standard InChI is InChI=1S/C13H14N2O3/c1-18-10-3-2-8-7-15-11(5-9(8)4-10)13(17)14-6-12(15)16/h2-4,11H,5-7H2,1H3,(H,14,17). The second-order valence-corrected chi connectivity index (χ2v) is 4.59. The molecule has 5 heteroatoms. The van der Waals surface area contributed by atoms with Gasteiger partial charge in [0.1, 0.15) is 11.8 Å². The van der Waals surface area contributed by atoms with Gasteiger partial charge in [0.15, 0.2) is 0 Å². The van der Waals surface area contributed by atoms with Crippen molar-refractivity contribution < 1.29 is 14.3 Å². The number of nitrogens with one attached hydrogen (secondary N) is 1. The van der Waals surface area contributed by atoms with Gasteiger partial charge < -0.3 is 15.0 Å². The van der Waals surface area contributed by atoms with Gasteiger partial charge in [0.25, 0.3) is 0 Å². The molecule has 0 bridgehead atoms. The van der Waals surface area contributed by atoms with Gasteiger partial charge in [-0.05, 0) is 23.3 Å². The van der Waals surface area contributed by atoms with Crippen molar-refractivity contribution in [3.63, 3.8) is 0 Å². The zero-order valence-corrected chi connectivity index (χ0v) is 10.1. The highest BCUT2D eigenvalue weighted by molar-refractivity contribution is 5.95. The van der Waals surface area contributed by atoms with E-state index in [-0.39, 0.29) is 24.4 Å². The average Bonchev–Trinajstić information content (AvgIpc) is 2.41. The molecule has 18 heavy (non-hydrogen) atoms. The van der Waals surface area contributed by atoms with Crippen LogP contribution in [-0.2, 0) is 22.6 Å². The summed E-state index contributed by atoms with van der Waals surface area (Å²) >= 11 is 0. The first-order chi connectivity index (χ1) is 8.69. The Bertz CT molecular complexity index is 527. The minimum absolute atomic E-state index is 0.0129. The van der Waals surface area contributed by atoms with E-state index in [2.05, 4.69) is 5.32 Å². The number of rotatable bonds is 1. The van der Waals surface area contributed by atoms with Gasteiger partial charge in [-0.3, -0.25) is 9.59 Å². The van der Waals surface area contributed by atoms with E-state index in [1.54, 1.807) is 12.0 Å². The van der Waals surface area contributed by atoms with Crippen LogP contribution in [0.1, 0.15) is 11.1 Å². The summed E-state index contributed by atoms with van der Waals surface area (Å²) < 4.78 is 5.18. The normalized spacial score (nSPS) is 22.1. The van der Waals surface area contributed by atoms with Gasteiger partial charge in [0.2, 0.25) is 11.8 Å². The monoisotopic (exact) mass is 246 g/mol. The Hall–Kier alpha value is -2.04. The van der Waals surface area contributed by atoms with Gasteiger partial charge >= 0.3 is 0 Å². The summed E-state index contributed by atoms with van der Waals surface area (Å²) in [5, 5.41) is 2.63. The van der Waals surface area contributed by atoms with Crippen LogP contribution in [0.4, 0.5) is 0 Å². The fraction of sp³-hybridized carbons (Fsp3) is 0.385. The first-order valence-corrected chi connectivity index (χ1v) is 5.92. The van der Waals surface area contributed by atoms with Gasteiger partial charge in [-0.15, -0.1) is 0 Å². The number of carbonyl (C=O) groups is 2. The Morgan fingerprint density at radius 2 is 2.17 bits per heavy atom. The second kappa shape index (κ2) is 4.01. The highest BCUT2D eigenvalue weighted by Crippen LogP contribution is 2.28. The van der Waals surface area contributed by atoms with Gasteiger partial charge in [0, 0.05) is 13.0 Å². The first-order valence-electron chi connectivity index (χ1n) is 5.92. The second-order valence-electron chi connectivity index (χ2n) is 4.59. The maximum atomic E-state index is 11.8. The topological polar surface area (TPSA) is 58.6 Å². The van der Waals surface area contributed by atoms with E-state index in [1.807, 2.05) is 18.2 Å². The van der Waals surface area contributed by atoms with Crippen LogP contribution < -0.4 is 10.1 Å². The molecule has 1 aromatic rings. The van der Waals surface area contributed by atoms with E-state index in [9.17, 15) is 9.59 Å². The van der Waals surface area contributed by atoms with Crippen LogP contribution in [0.5, 0.6) is 5.75 Å². The summed E-state index contributed by atoms with van der Waals surface area (Å²) in [6.07, 6.45) is 0.560. The molecule has 5 nitrogen and oxygen atoms in total. The zero-order chi connectivity index (χ0) is 12.7. The summed E-state index contributed by atoms with van der Waals surface area (Å²) in [6.45, 7) is 0.622. The van der Waals surface area contributed by atoms with Crippen LogP contribution in [0, 0.1) is 0 Å². The van der Waals surface area contributed by atoms with E-state index < -0.39 is 0 Å². The molecule has 2 heterocycles. The van der Waals surface area contributed by atoms with Crippen molar-refractivity contribution in [1.82, 2.24) is 10.2 Å². The zero-order valence-electron chi connectivity index (χ0n) is 10.1. The summed E-state index contributed by atoms with van der Waals surface area (Å²) in [4.78, 5) is 25.3. The molecule has 2 aliphatic heterocycles. The predicted molar refractivity (Wildman–Crippen MR) is 64.0 cm³/mol. The molecule has 0 aliphatic carbocycles. The molecular formula is C13H14N2O3. The number of carbonyl (C=O) groups excluding carboxylic acids is 2. The Labute approximate surface area is 105 Å². The lowest BCUT2D eigenvalue weighted by atomic mass is 9.92. The van der Waals surface area contributed by atoms with Crippen LogP contribution >= 0.6 is 0 Å². The number of hydrogen-bond acceptors (Lipinski definition) is 3. The van der Waals surface area contributed by atoms with Crippen LogP contribution in [0.3, 0.4) is 0 Å². The minimum atomic E-state index is -0.370. The van der Waals surface area contributed by atoms with Crippen LogP contribution in [0.2, 0.25) is 0 Å². The maximum absolute atomic E-state index is 11.8. The SMILES string of the molecule is COc1ccc2c(c1)CC1C(=O)NCC(=O)N1C2. The number of fused-ring (bicyclic) bond motifs is 2. The van der Waals surface area contributed by atoms with Gasteiger partial charge in [-0.25, -0.2) is 0 Å². The number of benzene rings is 1. The van der Waals surface area contributed by atoms with Crippen LogP contribution in [0.15, 0.2) is 18.2 Å². The highest BCUT2D eigenvalue weighted by atomic mass is 16.5. The molecule has 2 amide bonds. The number of piperazine rings is 1. The lowest BCUT2D eigenvalue weighted by Gasteiger charge is -2.39. The Morgan fingerprint density at radius 3 is 2.94 bits per heavy atom. The first kappa shape index (κ1) is 11.1. The fourth-order valence-electron chi connectivity index (χ4n) is 2.56. The molecule has 0 spiro atoms. The van der Waals surface area contributed by atoms with Crippen molar-refractivity contribution in [1.29, 1.82) is 0 Å². The molecule has 94 valence electrons. The molecule has 0 radical (unpaired) electrons. The third-order valence-corrected chi connectivity index (χ3v) is 3.58. The van der Waals surface area contributed by atoms with Crippen molar-refractivity contribution in [2.45, 2.75) is 19.0 Å². The van der Waals surface area contributed by atoms with Crippen molar-refractivity contribution in [3.05, 3.63) is 29.3 Å². The summed E-state index contributed by atoms with van der Waals surface area (Å²) in [5.74, 6) is 0.703. The highest BCUT2D eigenvalue weighted by Gasteiger charge is 2.37. The van der Waals surface area contributed by atoms with Crippen LogP contribution in [0.25, 0.3) is 0 Å². The van der Waals surface area contributed by atoms with Crippen LogP contribution in [-0.4, -0.2) is 36.4 Å². The molecule has 3 rings (SSSR count). The smallest absolute Gasteiger partial charge is 0.243 e. The Balaban J connectivity index is 1.97. The van der Waals surface area contributed by atoms with Gasteiger partial charge in [0.05, 0.1) is 13.7 Å². The van der Waals surface area contributed by atoms with E-state index in [4.69, 9.17) is 4.74 Å². The Kier molecular flexibility index (Phi) is 2.47. The van der Waals surface area contributed by atoms with Crippen molar-refractivity contribution in [2.75, 3.05) is 13.7 Å². The molecule has 1 fully saturated rings. The molecule has 1 aromatic carbocycles. The lowest BCUT2D eigenvalue weighted by Crippen LogP contribution is -2.60. The molecule has 1 saturated heterocycles. The number of methoxy groups -OCH3 is 1. The molecule has 1 N–H and O–H groups in total. The maximum Gasteiger partial charge on any atom is 0.243 e. The quantitative estimate of drug-likeness (QED) is 0.763. The Morgan fingerprint density at radius 1 is 1.33 bits per heavy atom. The molecule has 1 atom stereocenters. The average molecular weight is 246 g/mol. The number of amides is 2. The summed E-state index contributed by atoms with van der Waals surface area (Å²) in [7, 11) is 1.62. The molecule has 2 aliphatic rings. The minimum Gasteiger partial charge on any atom is -0.497 e. The third-order valence-electron chi connectivity index (χ3n) is 3.58. The van der Waals surface area contributed by atoms with E-state index >= 15 is 0 Å². The van der Waals surface area contributed by atoms with Gasteiger partial charge in [-0.1, -0.05) is 6.07 Å². The van der Waals surface area contributed by atoms with Crippen molar-refractivity contribution in [2.24, 2.45) is 0 Å². The van der Waals surface area contributed by atoms with E-state index in [0.29, 0.717) is 13.0 Å². The predicted octanol–water partition coefficient (Wildman–Crippen LogP) is 0.0783. The van der Waals surface area contributed by atoms with Crippen molar-refractivity contribution >= 4 is 11.8 Å². The third kappa shape index (κ3) is 1.63. The summed E-state index contributed by atoms with van der Waals surface area (Å²) in [5.41, 5.74) is 2.18. The van der Waals surface area contributed by atoms with Gasteiger partial charge in [-0.2, -0.15) is 0 Å². The largest absolute Gasteiger partial charge is 0.497 e.